The molecule has 2 saturated heterocycles. The van der Waals surface area contributed by atoms with Crippen LogP contribution in [0.2, 0.25) is 0 Å². The Morgan fingerprint density at radius 1 is 1.40 bits per heavy atom. The number of likely N-dealkylation sites (tertiary alicyclic amines) is 1. The number of hydrogen-bond acceptors (Lipinski definition) is 4. The highest BCUT2D eigenvalue weighted by atomic mass is 16.2. The van der Waals surface area contributed by atoms with Crippen LogP contribution in [0.4, 0.5) is 0 Å². The SMILES string of the molecule is CC(C)N(CC(=O)N1CCCC1=O)CC1CCCCN1. The van der Waals surface area contributed by atoms with Gasteiger partial charge in [-0.25, -0.2) is 0 Å². The van der Waals surface area contributed by atoms with E-state index in [1.54, 1.807) is 0 Å². The predicted octanol–water partition coefficient (Wildman–Crippen LogP) is 0.988. The van der Waals surface area contributed by atoms with E-state index in [9.17, 15) is 9.59 Å². The lowest BCUT2D eigenvalue weighted by Gasteiger charge is -2.33. The summed E-state index contributed by atoms with van der Waals surface area (Å²) in [6, 6.07) is 0.800. The van der Waals surface area contributed by atoms with Gasteiger partial charge in [-0.05, 0) is 39.7 Å². The summed E-state index contributed by atoms with van der Waals surface area (Å²) < 4.78 is 0. The number of amides is 2. The summed E-state index contributed by atoms with van der Waals surface area (Å²) in [5.41, 5.74) is 0. The number of carbonyl (C=O) groups is 2. The molecule has 1 N–H and O–H groups in total. The Balaban J connectivity index is 1.87. The Morgan fingerprint density at radius 3 is 2.75 bits per heavy atom. The van der Waals surface area contributed by atoms with Crippen molar-refractivity contribution >= 4 is 11.8 Å². The largest absolute Gasteiger partial charge is 0.313 e. The van der Waals surface area contributed by atoms with Crippen molar-refractivity contribution in [3.05, 3.63) is 0 Å². The van der Waals surface area contributed by atoms with Crippen LogP contribution in [0.5, 0.6) is 0 Å². The number of rotatable bonds is 5. The average Bonchev–Trinajstić information content (AvgIpc) is 2.85. The van der Waals surface area contributed by atoms with E-state index in [1.807, 2.05) is 0 Å². The van der Waals surface area contributed by atoms with Crippen LogP contribution in [0.3, 0.4) is 0 Å². The number of carbonyl (C=O) groups excluding carboxylic acids is 2. The first-order chi connectivity index (χ1) is 9.58. The molecule has 0 aromatic carbocycles. The fourth-order valence-corrected chi connectivity index (χ4v) is 2.99. The molecule has 114 valence electrons. The minimum atomic E-state index is -0.0305. The minimum absolute atomic E-state index is 0.00509. The molecule has 0 aliphatic carbocycles. The Labute approximate surface area is 121 Å². The van der Waals surface area contributed by atoms with Gasteiger partial charge in [0.05, 0.1) is 6.54 Å². The predicted molar refractivity (Wildman–Crippen MR) is 78.3 cm³/mol. The normalized spacial score (nSPS) is 23.9. The first kappa shape index (κ1) is 15.4. The van der Waals surface area contributed by atoms with E-state index in [2.05, 4.69) is 24.1 Å². The van der Waals surface area contributed by atoms with Gasteiger partial charge in [0.15, 0.2) is 0 Å². The highest BCUT2D eigenvalue weighted by Crippen LogP contribution is 2.13. The lowest BCUT2D eigenvalue weighted by molar-refractivity contribution is -0.142. The van der Waals surface area contributed by atoms with Crippen molar-refractivity contribution in [2.24, 2.45) is 0 Å². The molecule has 5 heteroatoms. The lowest BCUT2D eigenvalue weighted by Crippen LogP contribution is -2.49. The average molecular weight is 281 g/mol. The molecule has 2 aliphatic heterocycles. The fourth-order valence-electron chi connectivity index (χ4n) is 2.99. The van der Waals surface area contributed by atoms with Gasteiger partial charge in [0, 0.05) is 31.6 Å². The summed E-state index contributed by atoms with van der Waals surface area (Å²) in [5, 5.41) is 3.52. The maximum absolute atomic E-state index is 12.3. The Bertz CT molecular complexity index is 351. The van der Waals surface area contributed by atoms with Crippen LogP contribution in [0.15, 0.2) is 0 Å². The molecule has 2 heterocycles. The summed E-state index contributed by atoms with van der Waals surface area (Å²) in [7, 11) is 0. The molecule has 2 fully saturated rings. The number of nitrogens with one attached hydrogen (secondary N) is 1. The first-order valence-electron chi connectivity index (χ1n) is 7.88. The molecule has 2 amide bonds. The fraction of sp³-hybridized carbons (Fsp3) is 0.867. The topological polar surface area (TPSA) is 52.7 Å². The van der Waals surface area contributed by atoms with E-state index >= 15 is 0 Å². The van der Waals surface area contributed by atoms with Gasteiger partial charge in [-0.15, -0.1) is 0 Å². The third-order valence-electron chi connectivity index (χ3n) is 4.31. The van der Waals surface area contributed by atoms with Crippen LogP contribution < -0.4 is 5.32 Å². The zero-order valence-corrected chi connectivity index (χ0v) is 12.7. The Kier molecular flexibility index (Phi) is 5.54. The molecule has 0 aromatic rings. The maximum atomic E-state index is 12.3. The van der Waals surface area contributed by atoms with Crippen molar-refractivity contribution in [2.75, 3.05) is 26.2 Å². The maximum Gasteiger partial charge on any atom is 0.243 e. The Hall–Kier alpha value is -0.940. The standard InChI is InChI=1S/C15H27N3O2/c1-12(2)17(10-13-6-3-4-8-16-13)11-15(20)18-9-5-7-14(18)19/h12-13,16H,3-11H2,1-2H3. The molecule has 2 aliphatic rings. The van der Waals surface area contributed by atoms with Crippen molar-refractivity contribution in [3.8, 4) is 0 Å². The van der Waals surface area contributed by atoms with Crippen molar-refractivity contribution in [3.63, 3.8) is 0 Å². The molecule has 0 radical (unpaired) electrons. The second kappa shape index (κ2) is 7.18. The number of hydrogen-bond donors (Lipinski definition) is 1. The van der Waals surface area contributed by atoms with Gasteiger partial charge in [0.25, 0.3) is 0 Å². The zero-order valence-electron chi connectivity index (χ0n) is 12.7. The van der Waals surface area contributed by atoms with Crippen molar-refractivity contribution in [1.82, 2.24) is 15.1 Å². The van der Waals surface area contributed by atoms with Crippen molar-refractivity contribution in [1.29, 1.82) is 0 Å². The molecular formula is C15H27N3O2. The molecule has 20 heavy (non-hydrogen) atoms. The molecule has 2 rings (SSSR count). The summed E-state index contributed by atoms with van der Waals surface area (Å²) in [4.78, 5) is 27.5. The van der Waals surface area contributed by atoms with Gasteiger partial charge in [0.1, 0.15) is 0 Å². The molecule has 0 spiro atoms. The third-order valence-corrected chi connectivity index (χ3v) is 4.31. The summed E-state index contributed by atoms with van der Waals surface area (Å²) in [6.45, 7) is 7.16. The summed E-state index contributed by atoms with van der Waals surface area (Å²) in [6.07, 6.45) is 5.04. The van der Waals surface area contributed by atoms with E-state index in [4.69, 9.17) is 0 Å². The van der Waals surface area contributed by atoms with E-state index < -0.39 is 0 Å². The first-order valence-corrected chi connectivity index (χ1v) is 7.88. The molecule has 1 atom stereocenters. The quantitative estimate of drug-likeness (QED) is 0.816. The van der Waals surface area contributed by atoms with Crippen LogP contribution in [-0.2, 0) is 9.59 Å². The van der Waals surface area contributed by atoms with Gasteiger partial charge in [-0.1, -0.05) is 6.42 Å². The molecule has 0 saturated carbocycles. The number of piperidine rings is 1. The number of imide groups is 1. The van der Waals surface area contributed by atoms with Gasteiger partial charge in [0.2, 0.25) is 11.8 Å². The number of nitrogens with zero attached hydrogens (tertiary/aromatic N) is 2. The molecular weight excluding hydrogens is 254 g/mol. The Morgan fingerprint density at radius 2 is 2.20 bits per heavy atom. The molecule has 1 unspecified atom stereocenters. The van der Waals surface area contributed by atoms with E-state index in [1.165, 1.54) is 24.2 Å². The van der Waals surface area contributed by atoms with E-state index in [-0.39, 0.29) is 11.8 Å². The minimum Gasteiger partial charge on any atom is -0.313 e. The molecule has 0 aromatic heterocycles. The summed E-state index contributed by atoms with van der Waals surface area (Å²) >= 11 is 0. The second-order valence-electron chi connectivity index (χ2n) is 6.21. The lowest BCUT2D eigenvalue weighted by atomic mass is 10.0. The van der Waals surface area contributed by atoms with Crippen LogP contribution in [0.1, 0.15) is 46.0 Å². The highest BCUT2D eigenvalue weighted by molar-refractivity contribution is 5.97. The van der Waals surface area contributed by atoms with Gasteiger partial charge in [-0.3, -0.25) is 19.4 Å². The van der Waals surface area contributed by atoms with E-state index in [0.29, 0.717) is 31.6 Å². The molecule has 5 nitrogen and oxygen atoms in total. The van der Waals surface area contributed by atoms with E-state index in [0.717, 1.165) is 19.5 Å². The van der Waals surface area contributed by atoms with Crippen LogP contribution in [0, 0.1) is 0 Å². The van der Waals surface area contributed by atoms with Crippen LogP contribution >= 0.6 is 0 Å². The van der Waals surface area contributed by atoms with Crippen molar-refractivity contribution < 1.29 is 9.59 Å². The third kappa shape index (κ3) is 4.03. The highest BCUT2D eigenvalue weighted by Gasteiger charge is 2.29. The van der Waals surface area contributed by atoms with Crippen LogP contribution in [-0.4, -0.2) is 59.9 Å². The smallest absolute Gasteiger partial charge is 0.243 e. The van der Waals surface area contributed by atoms with Gasteiger partial charge >= 0.3 is 0 Å². The zero-order chi connectivity index (χ0) is 14.5. The van der Waals surface area contributed by atoms with Crippen LogP contribution in [0.25, 0.3) is 0 Å². The molecule has 0 bridgehead atoms. The monoisotopic (exact) mass is 281 g/mol. The second-order valence-corrected chi connectivity index (χ2v) is 6.21. The van der Waals surface area contributed by atoms with Crippen molar-refractivity contribution in [2.45, 2.75) is 58.0 Å². The summed E-state index contributed by atoms with van der Waals surface area (Å²) in [5.74, 6) is -0.0356. The van der Waals surface area contributed by atoms with Gasteiger partial charge in [-0.2, -0.15) is 0 Å². The van der Waals surface area contributed by atoms with Gasteiger partial charge < -0.3 is 5.32 Å².